The highest BCUT2D eigenvalue weighted by atomic mass is 16.2. The van der Waals surface area contributed by atoms with E-state index in [0.717, 1.165) is 32.1 Å². The quantitative estimate of drug-likeness (QED) is 0.669. The van der Waals surface area contributed by atoms with Crippen molar-refractivity contribution in [3.63, 3.8) is 0 Å². The molecule has 0 bridgehead atoms. The van der Waals surface area contributed by atoms with Gasteiger partial charge in [0.25, 0.3) is 0 Å². The number of piperidine rings is 1. The number of rotatable bonds is 5. The van der Waals surface area contributed by atoms with Gasteiger partial charge in [0, 0.05) is 30.5 Å². The van der Waals surface area contributed by atoms with Crippen LogP contribution in [0.15, 0.2) is 0 Å². The molecule has 1 aliphatic carbocycles. The van der Waals surface area contributed by atoms with Crippen molar-refractivity contribution in [2.45, 2.75) is 77.5 Å². The van der Waals surface area contributed by atoms with Crippen molar-refractivity contribution in [3.8, 4) is 0 Å². The maximum atomic E-state index is 13.3. The Labute approximate surface area is 171 Å². The third-order valence-electron chi connectivity index (χ3n) is 8.20. The van der Waals surface area contributed by atoms with Crippen LogP contribution in [-0.2, 0) is 4.79 Å². The van der Waals surface area contributed by atoms with Crippen molar-refractivity contribution < 1.29 is 4.79 Å². The van der Waals surface area contributed by atoms with Crippen LogP contribution in [0.3, 0.4) is 0 Å². The maximum absolute atomic E-state index is 13.3. The van der Waals surface area contributed by atoms with Crippen LogP contribution < -0.4 is 16.2 Å². The second-order valence-electron chi connectivity index (χ2n) is 10.3. The van der Waals surface area contributed by atoms with Crippen LogP contribution in [-0.4, -0.2) is 60.8 Å². The van der Waals surface area contributed by atoms with Gasteiger partial charge in [-0.05, 0) is 57.0 Å². The molecule has 3 saturated heterocycles. The first-order valence-corrected chi connectivity index (χ1v) is 11.7. The molecule has 28 heavy (non-hydrogen) atoms. The lowest BCUT2D eigenvalue weighted by molar-refractivity contribution is -0.134. The first-order chi connectivity index (χ1) is 13.5. The fraction of sp³-hybridized carbons (Fsp3) is 0.955. The molecule has 160 valence electrons. The van der Waals surface area contributed by atoms with Crippen LogP contribution in [0.2, 0.25) is 0 Å². The summed E-state index contributed by atoms with van der Waals surface area (Å²) >= 11 is 0. The average Bonchev–Trinajstić information content (AvgIpc) is 3.25. The van der Waals surface area contributed by atoms with Crippen molar-refractivity contribution in [3.05, 3.63) is 0 Å². The predicted molar refractivity (Wildman–Crippen MR) is 112 cm³/mol. The molecule has 6 heteroatoms. The van der Waals surface area contributed by atoms with E-state index in [-0.39, 0.29) is 5.92 Å². The highest BCUT2D eigenvalue weighted by Crippen LogP contribution is 2.41. The monoisotopic (exact) mass is 391 g/mol. The highest BCUT2D eigenvalue weighted by Gasteiger charge is 2.49. The number of hydrogen-bond acceptors (Lipinski definition) is 5. The van der Waals surface area contributed by atoms with E-state index < -0.39 is 0 Å². The number of nitrogens with one attached hydrogen (secondary N) is 3. The van der Waals surface area contributed by atoms with Gasteiger partial charge in [-0.25, -0.2) is 10.9 Å². The number of carbonyl (C=O) groups is 1. The Kier molecular flexibility index (Phi) is 6.31. The molecule has 7 atom stereocenters. The summed E-state index contributed by atoms with van der Waals surface area (Å²) in [6.45, 7) is 9.93. The molecule has 1 amide bonds. The molecule has 0 aromatic carbocycles. The molecule has 6 unspecified atom stereocenters. The summed E-state index contributed by atoms with van der Waals surface area (Å²) in [7, 11) is 2.18. The Bertz CT molecular complexity index is 555. The highest BCUT2D eigenvalue weighted by molar-refractivity contribution is 5.82. The molecule has 6 nitrogen and oxygen atoms in total. The van der Waals surface area contributed by atoms with Gasteiger partial charge in [-0.15, -0.1) is 0 Å². The van der Waals surface area contributed by atoms with E-state index in [4.69, 9.17) is 0 Å². The molecule has 1 saturated carbocycles. The summed E-state index contributed by atoms with van der Waals surface area (Å²) < 4.78 is 0. The first-order valence-electron chi connectivity index (χ1n) is 11.7. The topological polar surface area (TPSA) is 59.6 Å². The molecule has 4 fully saturated rings. The summed E-state index contributed by atoms with van der Waals surface area (Å²) in [6, 6.07) is 0.974. The van der Waals surface area contributed by atoms with E-state index >= 15 is 0 Å². The molecule has 0 spiro atoms. The third kappa shape index (κ3) is 3.98. The Morgan fingerprint density at radius 2 is 2.00 bits per heavy atom. The Morgan fingerprint density at radius 1 is 1.18 bits per heavy atom. The molecular formula is C22H41N5O. The largest absolute Gasteiger partial charge is 0.339 e. The lowest BCUT2D eigenvalue weighted by Gasteiger charge is -2.39. The Morgan fingerprint density at radius 3 is 2.71 bits per heavy atom. The van der Waals surface area contributed by atoms with Gasteiger partial charge >= 0.3 is 0 Å². The molecule has 0 aromatic rings. The van der Waals surface area contributed by atoms with Crippen molar-refractivity contribution in [2.75, 3.05) is 26.8 Å². The van der Waals surface area contributed by atoms with Crippen molar-refractivity contribution in [2.24, 2.45) is 29.6 Å². The van der Waals surface area contributed by atoms with Gasteiger partial charge in [-0.2, -0.15) is 0 Å². The van der Waals surface area contributed by atoms with E-state index in [2.05, 4.69) is 53.8 Å². The van der Waals surface area contributed by atoms with E-state index in [0.29, 0.717) is 41.9 Å². The minimum absolute atomic E-state index is 0.272. The van der Waals surface area contributed by atoms with Crippen LogP contribution in [0.25, 0.3) is 0 Å². The van der Waals surface area contributed by atoms with Gasteiger partial charge in [-0.1, -0.05) is 33.6 Å². The van der Waals surface area contributed by atoms with Crippen molar-refractivity contribution in [1.29, 1.82) is 0 Å². The summed E-state index contributed by atoms with van der Waals surface area (Å²) in [5, 5.41) is 3.71. The van der Waals surface area contributed by atoms with Crippen LogP contribution in [0.5, 0.6) is 0 Å². The van der Waals surface area contributed by atoms with E-state index in [9.17, 15) is 4.79 Å². The van der Waals surface area contributed by atoms with Crippen LogP contribution in [0.1, 0.15) is 59.3 Å². The maximum Gasteiger partial charge on any atom is 0.226 e. The normalized spacial score (nSPS) is 40.9. The first kappa shape index (κ1) is 20.6. The molecule has 3 N–H and O–H groups in total. The Balaban J connectivity index is 1.38. The molecule has 0 aromatic heterocycles. The molecule has 0 radical (unpaired) electrons. The fourth-order valence-corrected chi connectivity index (χ4v) is 6.45. The number of likely N-dealkylation sites (tertiary alicyclic amines) is 1. The Hall–Kier alpha value is -0.690. The van der Waals surface area contributed by atoms with Gasteiger partial charge < -0.3 is 10.2 Å². The number of hydrogen-bond donors (Lipinski definition) is 3. The number of nitrogens with zero attached hydrogens (tertiary/aromatic N) is 2. The molecule has 4 aliphatic rings. The predicted octanol–water partition coefficient (Wildman–Crippen LogP) is 1.99. The number of hydrazine groups is 1. The minimum atomic E-state index is 0.272. The third-order valence-corrected chi connectivity index (χ3v) is 8.20. The van der Waals surface area contributed by atoms with Crippen molar-refractivity contribution in [1.82, 2.24) is 26.0 Å². The second kappa shape index (κ2) is 8.58. The summed E-state index contributed by atoms with van der Waals surface area (Å²) in [5.74, 6) is 3.29. The molecule has 4 rings (SSSR count). The lowest BCUT2D eigenvalue weighted by atomic mass is 9.76. The SMILES string of the molecule is CC(C)C1NCCC2C(=O)N(C3CCCC([C@H](C)CC4NNCN4C)C3)CC21. The van der Waals surface area contributed by atoms with Gasteiger partial charge in [0.05, 0.1) is 12.8 Å². The average molecular weight is 392 g/mol. The molecule has 3 aliphatic heterocycles. The molecular weight excluding hydrogens is 350 g/mol. The van der Waals surface area contributed by atoms with E-state index in [1.807, 2.05) is 0 Å². The minimum Gasteiger partial charge on any atom is -0.339 e. The van der Waals surface area contributed by atoms with Crippen LogP contribution in [0, 0.1) is 29.6 Å². The van der Waals surface area contributed by atoms with Crippen LogP contribution >= 0.6 is 0 Å². The van der Waals surface area contributed by atoms with E-state index in [1.54, 1.807) is 0 Å². The summed E-state index contributed by atoms with van der Waals surface area (Å²) in [5.41, 5.74) is 6.65. The number of amides is 1. The van der Waals surface area contributed by atoms with Gasteiger partial charge in [0.1, 0.15) is 0 Å². The number of fused-ring (bicyclic) bond motifs is 1. The summed E-state index contributed by atoms with van der Waals surface area (Å²) in [4.78, 5) is 17.9. The summed E-state index contributed by atoms with van der Waals surface area (Å²) in [6.07, 6.45) is 7.66. The zero-order chi connectivity index (χ0) is 19.8. The van der Waals surface area contributed by atoms with Crippen LogP contribution in [0.4, 0.5) is 0 Å². The smallest absolute Gasteiger partial charge is 0.226 e. The molecule has 3 heterocycles. The standard InChI is InChI=1S/C22H41N5O/c1-14(2)21-19-12-27(22(28)18(19)8-9-23-21)17-7-5-6-16(11-17)15(3)10-20-25-24-13-26(20)4/h14-21,23-25H,5-13H2,1-4H3/t15-,16?,17?,18?,19?,20?,21?/m1/s1. The van der Waals surface area contributed by atoms with Gasteiger partial charge in [-0.3, -0.25) is 9.69 Å². The zero-order valence-corrected chi connectivity index (χ0v) is 18.3. The second-order valence-corrected chi connectivity index (χ2v) is 10.3. The zero-order valence-electron chi connectivity index (χ0n) is 18.3. The van der Waals surface area contributed by atoms with Crippen molar-refractivity contribution >= 4 is 5.91 Å². The number of carbonyl (C=O) groups excluding carboxylic acids is 1. The lowest BCUT2D eigenvalue weighted by Crippen LogP contribution is -2.49. The van der Waals surface area contributed by atoms with E-state index in [1.165, 1.54) is 32.1 Å². The van der Waals surface area contributed by atoms with Gasteiger partial charge in [0.15, 0.2) is 0 Å². The fourth-order valence-electron chi connectivity index (χ4n) is 6.45. The van der Waals surface area contributed by atoms with Gasteiger partial charge in [0.2, 0.25) is 5.91 Å².